The van der Waals surface area contributed by atoms with Crippen molar-refractivity contribution in [1.29, 1.82) is 5.26 Å². The van der Waals surface area contributed by atoms with Crippen LogP contribution < -0.4 is 0 Å². The van der Waals surface area contributed by atoms with Crippen LogP contribution in [0.1, 0.15) is 19.0 Å². The van der Waals surface area contributed by atoms with Gasteiger partial charge in [-0.15, -0.1) is 11.8 Å². The van der Waals surface area contributed by atoms with Crippen LogP contribution in [0.25, 0.3) is 0 Å². The van der Waals surface area contributed by atoms with Gasteiger partial charge in [-0.3, -0.25) is 0 Å². The topological polar surface area (TPSA) is 56.9 Å². The molecule has 1 atom stereocenters. The van der Waals surface area contributed by atoms with Crippen LogP contribution >= 0.6 is 11.8 Å². The highest BCUT2D eigenvalue weighted by atomic mass is 32.2. The van der Waals surface area contributed by atoms with Gasteiger partial charge in [0, 0.05) is 11.9 Å². The first-order valence-electron chi connectivity index (χ1n) is 4.41. The van der Waals surface area contributed by atoms with Crippen molar-refractivity contribution in [2.75, 3.05) is 6.61 Å². The molecule has 0 aliphatic rings. The number of rotatable bonds is 4. The van der Waals surface area contributed by atoms with Crippen LogP contribution in [-0.4, -0.2) is 21.9 Å². The number of thioether (sulfide) groups is 1. The summed E-state index contributed by atoms with van der Waals surface area (Å²) < 4.78 is 0. The molecule has 4 heteroatoms. The molecule has 14 heavy (non-hydrogen) atoms. The Morgan fingerprint density at radius 2 is 2.43 bits per heavy atom. The van der Waals surface area contributed by atoms with E-state index in [4.69, 9.17) is 10.4 Å². The Labute approximate surface area is 87.8 Å². The van der Waals surface area contributed by atoms with E-state index in [9.17, 15) is 0 Å². The molecule has 1 rings (SSSR count). The standard InChI is InChI=1S/C10H12N2OS/c1-8(5-6-13)14-10-4-2-3-9(7-11)12-10/h2-4,8,13H,5-6H2,1H3. The molecule has 1 heterocycles. The Kier molecular flexibility index (Phi) is 4.44. The highest BCUT2D eigenvalue weighted by molar-refractivity contribution is 7.99. The van der Waals surface area contributed by atoms with Crippen molar-refractivity contribution < 1.29 is 5.11 Å². The lowest BCUT2D eigenvalue weighted by molar-refractivity contribution is 0.289. The molecule has 3 nitrogen and oxygen atoms in total. The lowest BCUT2D eigenvalue weighted by atomic mass is 10.3. The van der Waals surface area contributed by atoms with Crippen LogP contribution in [0.5, 0.6) is 0 Å². The second-order valence-electron chi connectivity index (χ2n) is 2.91. The molecule has 0 saturated heterocycles. The van der Waals surface area contributed by atoms with Gasteiger partial charge in [0.15, 0.2) is 0 Å². The zero-order valence-corrected chi connectivity index (χ0v) is 8.79. The van der Waals surface area contributed by atoms with E-state index < -0.39 is 0 Å². The molecule has 0 aliphatic carbocycles. The minimum absolute atomic E-state index is 0.187. The molecule has 0 aromatic carbocycles. The predicted molar refractivity (Wildman–Crippen MR) is 56.0 cm³/mol. The van der Waals surface area contributed by atoms with Crippen molar-refractivity contribution in [2.45, 2.75) is 23.6 Å². The summed E-state index contributed by atoms with van der Waals surface area (Å²) >= 11 is 1.58. The van der Waals surface area contributed by atoms with Crippen molar-refractivity contribution in [2.24, 2.45) is 0 Å². The number of hydrogen-bond acceptors (Lipinski definition) is 4. The fraction of sp³-hybridized carbons (Fsp3) is 0.400. The molecular formula is C10H12N2OS. The maximum absolute atomic E-state index is 8.73. The normalized spacial score (nSPS) is 12.1. The largest absolute Gasteiger partial charge is 0.396 e. The average Bonchev–Trinajstić information content (AvgIpc) is 2.18. The molecule has 1 unspecified atom stereocenters. The maximum atomic E-state index is 8.73. The summed E-state index contributed by atoms with van der Waals surface area (Å²) in [5, 5.41) is 18.5. The first-order valence-corrected chi connectivity index (χ1v) is 5.29. The van der Waals surface area contributed by atoms with Crippen LogP contribution in [0.4, 0.5) is 0 Å². The highest BCUT2D eigenvalue weighted by Crippen LogP contribution is 2.22. The highest BCUT2D eigenvalue weighted by Gasteiger charge is 2.05. The van der Waals surface area contributed by atoms with Crippen LogP contribution in [0.2, 0.25) is 0 Å². The van der Waals surface area contributed by atoms with E-state index in [0.717, 1.165) is 11.4 Å². The van der Waals surface area contributed by atoms with E-state index in [0.29, 0.717) is 10.9 Å². The summed E-state index contributed by atoms with van der Waals surface area (Å²) in [6.45, 7) is 2.22. The Morgan fingerprint density at radius 1 is 1.64 bits per heavy atom. The molecular weight excluding hydrogens is 196 g/mol. The van der Waals surface area contributed by atoms with Crippen molar-refractivity contribution in [3.63, 3.8) is 0 Å². The monoisotopic (exact) mass is 208 g/mol. The number of aliphatic hydroxyl groups is 1. The van der Waals surface area contributed by atoms with Gasteiger partial charge in [-0.1, -0.05) is 13.0 Å². The lowest BCUT2D eigenvalue weighted by Gasteiger charge is -2.07. The van der Waals surface area contributed by atoms with Gasteiger partial charge < -0.3 is 5.11 Å². The van der Waals surface area contributed by atoms with Crippen molar-refractivity contribution in [3.8, 4) is 6.07 Å². The van der Waals surface area contributed by atoms with E-state index in [1.165, 1.54) is 0 Å². The van der Waals surface area contributed by atoms with E-state index in [-0.39, 0.29) is 6.61 Å². The second-order valence-corrected chi connectivity index (χ2v) is 4.37. The third-order valence-corrected chi connectivity index (χ3v) is 2.80. The number of hydrogen-bond donors (Lipinski definition) is 1. The number of nitrogens with zero attached hydrogens (tertiary/aromatic N) is 2. The van der Waals surface area contributed by atoms with Gasteiger partial charge in [0.05, 0.1) is 5.03 Å². The second kappa shape index (κ2) is 5.63. The van der Waals surface area contributed by atoms with Crippen LogP contribution in [-0.2, 0) is 0 Å². The zero-order valence-electron chi connectivity index (χ0n) is 7.97. The lowest BCUT2D eigenvalue weighted by Crippen LogP contribution is -2.00. The number of aromatic nitrogens is 1. The number of pyridine rings is 1. The Bertz CT molecular complexity index is 335. The summed E-state index contributed by atoms with van der Waals surface area (Å²) in [4.78, 5) is 4.13. The van der Waals surface area contributed by atoms with Gasteiger partial charge in [-0.25, -0.2) is 4.98 Å². The molecule has 0 radical (unpaired) electrons. The van der Waals surface area contributed by atoms with E-state index in [2.05, 4.69) is 4.98 Å². The van der Waals surface area contributed by atoms with Gasteiger partial charge in [-0.2, -0.15) is 5.26 Å². The fourth-order valence-electron chi connectivity index (χ4n) is 0.990. The molecule has 1 aromatic rings. The van der Waals surface area contributed by atoms with Crippen molar-refractivity contribution in [3.05, 3.63) is 23.9 Å². The molecule has 0 aliphatic heterocycles. The average molecular weight is 208 g/mol. The molecule has 74 valence electrons. The first kappa shape index (κ1) is 11.0. The molecule has 1 N–H and O–H groups in total. The zero-order chi connectivity index (χ0) is 10.4. The smallest absolute Gasteiger partial charge is 0.141 e. The summed E-state index contributed by atoms with van der Waals surface area (Å²) in [7, 11) is 0. The Hall–Kier alpha value is -1.05. The van der Waals surface area contributed by atoms with Gasteiger partial charge in [-0.05, 0) is 18.6 Å². The van der Waals surface area contributed by atoms with Gasteiger partial charge in [0.25, 0.3) is 0 Å². The quantitative estimate of drug-likeness (QED) is 0.767. The maximum Gasteiger partial charge on any atom is 0.141 e. The van der Waals surface area contributed by atoms with Crippen molar-refractivity contribution in [1.82, 2.24) is 4.98 Å². The molecule has 0 bridgehead atoms. The van der Waals surface area contributed by atoms with Gasteiger partial charge in [0.1, 0.15) is 11.8 Å². The van der Waals surface area contributed by atoms with Gasteiger partial charge >= 0.3 is 0 Å². The van der Waals surface area contributed by atoms with Crippen LogP contribution in [0.3, 0.4) is 0 Å². The van der Waals surface area contributed by atoms with Crippen molar-refractivity contribution >= 4 is 11.8 Å². The Morgan fingerprint density at radius 3 is 3.07 bits per heavy atom. The van der Waals surface area contributed by atoms with Crippen LogP contribution in [0, 0.1) is 11.3 Å². The summed E-state index contributed by atoms with van der Waals surface area (Å²) in [5.74, 6) is 0. The number of aliphatic hydroxyl groups excluding tert-OH is 1. The summed E-state index contributed by atoms with van der Waals surface area (Å²) in [6.07, 6.45) is 0.739. The van der Waals surface area contributed by atoms with E-state index in [1.54, 1.807) is 17.8 Å². The SMILES string of the molecule is CC(CCO)Sc1cccc(C#N)n1. The summed E-state index contributed by atoms with van der Waals surface area (Å²) in [6, 6.07) is 7.37. The molecule has 0 fully saturated rings. The van der Waals surface area contributed by atoms with Crippen LogP contribution in [0.15, 0.2) is 23.2 Å². The third-order valence-electron chi connectivity index (χ3n) is 1.70. The summed E-state index contributed by atoms with van der Waals surface area (Å²) in [5.41, 5.74) is 0.436. The molecule has 1 aromatic heterocycles. The third kappa shape index (κ3) is 3.36. The number of nitriles is 1. The Balaban J connectivity index is 2.63. The predicted octanol–water partition coefficient (Wildman–Crippen LogP) is 1.82. The fourth-order valence-corrected chi connectivity index (χ4v) is 1.93. The molecule has 0 spiro atoms. The van der Waals surface area contributed by atoms with Gasteiger partial charge in [0.2, 0.25) is 0 Å². The molecule has 0 amide bonds. The minimum Gasteiger partial charge on any atom is -0.396 e. The van der Waals surface area contributed by atoms with E-state index >= 15 is 0 Å². The van der Waals surface area contributed by atoms with E-state index in [1.807, 2.05) is 25.1 Å². The minimum atomic E-state index is 0.187. The first-order chi connectivity index (χ1) is 6.76. The molecule has 0 saturated carbocycles.